The van der Waals surface area contributed by atoms with E-state index in [9.17, 15) is 4.79 Å². The lowest BCUT2D eigenvalue weighted by Crippen LogP contribution is -1.99. The third-order valence-corrected chi connectivity index (χ3v) is 2.20. The van der Waals surface area contributed by atoms with Crippen LogP contribution in [0, 0.1) is 0 Å². The van der Waals surface area contributed by atoms with Crippen molar-refractivity contribution in [3.8, 4) is 11.5 Å². The molecule has 1 aliphatic rings. The first-order chi connectivity index (χ1) is 7.22. The smallest absolute Gasteiger partial charge is 0.335 e. The van der Waals surface area contributed by atoms with Gasteiger partial charge in [0.25, 0.3) is 0 Å². The number of hydrogen-bond donors (Lipinski definition) is 1. The maximum atomic E-state index is 10.9. The predicted octanol–water partition coefficient (Wildman–Crippen LogP) is 1.90. The number of benzene rings is 1. The van der Waals surface area contributed by atoms with Gasteiger partial charge in [-0.05, 0) is 24.6 Å². The Balaban J connectivity index is 2.42. The molecule has 0 bridgehead atoms. The highest BCUT2D eigenvalue weighted by Gasteiger charge is 2.16. The summed E-state index contributed by atoms with van der Waals surface area (Å²) in [5, 5.41) is 8.93. The van der Waals surface area contributed by atoms with Gasteiger partial charge < -0.3 is 14.6 Å². The van der Waals surface area contributed by atoms with Crippen molar-refractivity contribution in [1.29, 1.82) is 0 Å². The first-order valence-electron chi connectivity index (χ1n) is 4.52. The summed E-state index contributed by atoms with van der Waals surface area (Å²) >= 11 is 0. The van der Waals surface area contributed by atoms with E-state index in [1.54, 1.807) is 31.2 Å². The van der Waals surface area contributed by atoms with Crippen LogP contribution in [0.2, 0.25) is 0 Å². The monoisotopic (exact) mass is 206 g/mol. The molecule has 0 aromatic heterocycles. The van der Waals surface area contributed by atoms with Crippen LogP contribution in [0.4, 0.5) is 0 Å². The lowest BCUT2D eigenvalue weighted by molar-refractivity contribution is -0.130. The molecule has 0 atom stereocenters. The molecule has 4 nitrogen and oxygen atoms in total. The third kappa shape index (κ3) is 1.66. The first-order valence-corrected chi connectivity index (χ1v) is 4.52. The average molecular weight is 206 g/mol. The van der Waals surface area contributed by atoms with Crippen molar-refractivity contribution < 1.29 is 19.4 Å². The van der Waals surface area contributed by atoms with E-state index in [4.69, 9.17) is 14.6 Å². The van der Waals surface area contributed by atoms with Gasteiger partial charge in [-0.3, -0.25) is 0 Å². The minimum atomic E-state index is -0.948. The van der Waals surface area contributed by atoms with E-state index in [1.165, 1.54) is 0 Å². The molecular formula is C11H10O4. The molecule has 0 saturated carbocycles. The minimum absolute atomic E-state index is 0.191. The van der Waals surface area contributed by atoms with Gasteiger partial charge in [-0.15, -0.1) is 0 Å². The lowest BCUT2D eigenvalue weighted by atomic mass is 10.1. The Labute approximate surface area is 86.7 Å². The van der Waals surface area contributed by atoms with Gasteiger partial charge in [0.2, 0.25) is 6.79 Å². The van der Waals surface area contributed by atoms with Gasteiger partial charge in [-0.2, -0.15) is 0 Å². The normalized spacial score (nSPS) is 14.1. The number of carboxylic acids is 1. The van der Waals surface area contributed by atoms with Crippen LogP contribution in [0.1, 0.15) is 12.5 Å². The second-order valence-corrected chi connectivity index (χ2v) is 3.08. The highest BCUT2D eigenvalue weighted by atomic mass is 16.7. The third-order valence-electron chi connectivity index (χ3n) is 2.20. The number of ether oxygens (including phenoxy) is 2. The van der Waals surface area contributed by atoms with E-state index >= 15 is 0 Å². The molecule has 1 aromatic carbocycles. The summed E-state index contributed by atoms with van der Waals surface area (Å²) in [5.74, 6) is 0.295. The molecule has 0 saturated heterocycles. The van der Waals surface area contributed by atoms with Crippen LogP contribution in [-0.2, 0) is 4.79 Å². The van der Waals surface area contributed by atoms with Crippen molar-refractivity contribution in [2.24, 2.45) is 0 Å². The quantitative estimate of drug-likeness (QED) is 0.751. The van der Waals surface area contributed by atoms with Gasteiger partial charge in [-0.1, -0.05) is 12.1 Å². The van der Waals surface area contributed by atoms with Crippen molar-refractivity contribution in [2.75, 3.05) is 6.79 Å². The topological polar surface area (TPSA) is 55.8 Å². The summed E-state index contributed by atoms with van der Waals surface area (Å²) in [6, 6.07) is 5.09. The van der Waals surface area contributed by atoms with Gasteiger partial charge in [0.05, 0.1) is 5.57 Å². The Bertz CT molecular complexity index is 434. The Morgan fingerprint density at radius 3 is 2.80 bits per heavy atom. The molecule has 0 aliphatic carbocycles. The maximum Gasteiger partial charge on any atom is 0.335 e. The van der Waals surface area contributed by atoms with Gasteiger partial charge in [-0.25, -0.2) is 4.79 Å². The van der Waals surface area contributed by atoms with E-state index in [0.717, 1.165) is 0 Å². The van der Waals surface area contributed by atoms with Gasteiger partial charge >= 0.3 is 5.97 Å². The minimum Gasteiger partial charge on any atom is -0.478 e. The average Bonchev–Trinajstić information content (AvgIpc) is 2.65. The predicted molar refractivity (Wildman–Crippen MR) is 53.9 cm³/mol. The van der Waals surface area contributed by atoms with Crippen molar-refractivity contribution in [1.82, 2.24) is 0 Å². The van der Waals surface area contributed by atoms with E-state index < -0.39 is 5.97 Å². The molecule has 78 valence electrons. The highest BCUT2D eigenvalue weighted by Crippen LogP contribution is 2.34. The number of allylic oxidation sites excluding steroid dienone is 1. The Kier molecular flexibility index (Phi) is 2.33. The van der Waals surface area contributed by atoms with Gasteiger partial charge in [0.1, 0.15) is 0 Å². The second-order valence-electron chi connectivity index (χ2n) is 3.08. The van der Waals surface area contributed by atoms with Crippen LogP contribution in [-0.4, -0.2) is 17.9 Å². The Hall–Kier alpha value is -1.97. The molecule has 0 spiro atoms. The summed E-state index contributed by atoms with van der Waals surface area (Å²) in [4.78, 5) is 10.9. The summed E-state index contributed by atoms with van der Waals surface area (Å²) in [5.41, 5.74) is 0.877. The van der Waals surface area contributed by atoms with Crippen LogP contribution in [0.15, 0.2) is 24.3 Å². The van der Waals surface area contributed by atoms with Crippen molar-refractivity contribution in [3.63, 3.8) is 0 Å². The largest absolute Gasteiger partial charge is 0.478 e. The summed E-state index contributed by atoms with van der Waals surface area (Å²) in [7, 11) is 0. The van der Waals surface area contributed by atoms with Crippen molar-refractivity contribution in [3.05, 3.63) is 29.8 Å². The Morgan fingerprint density at radius 1 is 1.40 bits per heavy atom. The zero-order valence-corrected chi connectivity index (χ0v) is 8.19. The van der Waals surface area contributed by atoms with Crippen LogP contribution in [0.5, 0.6) is 11.5 Å². The lowest BCUT2D eigenvalue weighted by Gasteiger charge is -2.03. The molecule has 0 radical (unpaired) electrons. The number of aliphatic carboxylic acids is 1. The summed E-state index contributed by atoms with van der Waals surface area (Å²) in [6.07, 6.45) is 1.56. The number of hydrogen-bond acceptors (Lipinski definition) is 3. The molecule has 0 fully saturated rings. The number of rotatable bonds is 2. The van der Waals surface area contributed by atoms with E-state index in [1.807, 2.05) is 0 Å². The molecule has 4 heteroatoms. The van der Waals surface area contributed by atoms with Crippen LogP contribution in [0.25, 0.3) is 5.57 Å². The molecule has 0 amide bonds. The first kappa shape index (κ1) is 9.58. The van der Waals surface area contributed by atoms with Crippen LogP contribution in [0.3, 0.4) is 0 Å². The highest BCUT2D eigenvalue weighted by molar-refractivity contribution is 6.15. The molecule has 15 heavy (non-hydrogen) atoms. The number of fused-ring (bicyclic) bond motifs is 1. The molecule has 0 unspecified atom stereocenters. The van der Waals surface area contributed by atoms with Gasteiger partial charge in [0, 0.05) is 0 Å². The molecule has 1 heterocycles. The number of carboxylic acid groups (broad SMARTS) is 1. The molecular weight excluding hydrogens is 196 g/mol. The molecule has 2 rings (SSSR count). The fourth-order valence-electron chi connectivity index (χ4n) is 1.48. The van der Waals surface area contributed by atoms with Crippen LogP contribution < -0.4 is 9.47 Å². The SMILES string of the molecule is CC=C(C(=O)O)c1ccc2c(c1)OCO2. The van der Waals surface area contributed by atoms with E-state index in [-0.39, 0.29) is 12.4 Å². The maximum absolute atomic E-state index is 10.9. The fourth-order valence-corrected chi connectivity index (χ4v) is 1.48. The molecule has 1 aromatic rings. The fraction of sp³-hybridized carbons (Fsp3) is 0.182. The van der Waals surface area contributed by atoms with Crippen LogP contribution >= 0.6 is 0 Å². The Morgan fingerprint density at radius 2 is 2.13 bits per heavy atom. The summed E-state index contributed by atoms with van der Waals surface area (Å²) in [6.45, 7) is 1.88. The van der Waals surface area contributed by atoms with E-state index in [2.05, 4.69) is 0 Å². The zero-order valence-electron chi connectivity index (χ0n) is 8.19. The molecule has 1 N–H and O–H groups in total. The standard InChI is InChI=1S/C11H10O4/c1-2-8(11(12)13)7-3-4-9-10(5-7)15-6-14-9/h2-5H,6H2,1H3,(H,12,13). The van der Waals surface area contributed by atoms with E-state index in [0.29, 0.717) is 17.1 Å². The summed E-state index contributed by atoms with van der Waals surface area (Å²) < 4.78 is 10.3. The molecule has 1 aliphatic heterocycles. The van der Waals surface area contributed by atoms with Gasteiger partial charge in [0.15, 0.2) is 11.5 Å². The number of carbonyl (C=O) groups is 1. The second kappa shape index (κ2) is 3.65. The van der Waals surface area contributed by atoms with Crippen molar-refractivity contribution in [2.45, 2.75) is 6.92 Å². The zero-order chi connectivity index (χ0) is 10.8. The van der Waals surface area contributed by atoms with Crippen molar-refractivity contribution >= 4 is 11.5 Å².